The van der Waals surface area contributed by atoms with Crippen LogP contribution < -0.4 is 5.32 Å². The zero-order chi connectivity index (χ0) is 14.5. The van der Waals surface area contributed by atoms with E-state index >= 15 is 0 Å². The molecular weight excluding hydrogens is 281 g/mol. The molecule has 0 saturated carbocycles. The second-order valence-electron chi connectivity index (χ2n) is 4.16. The van der Waals surface area contributed by atoms with Gasteiger partial charge in [0.2, 0.25) is 0 Å². The first-order valence-electron chi connectivity index (χ1n) is 5.96. The number of hydrogen-bond donors (Lipinski definition) is 1. The molecule has 0 unspecified atom stereocenters. The minimum Gasteiger partial charge on any atom is -0.465 e. The van der Waals surface area contributed by atoms with Gasteiger partial charge in [-0.15, -0.1) is 0 Å². The van der Waals surface area contributed by atoms with Crippen LogP contribution in [0.5, 0.6) is 0 Å². The van der Waals surface area contributed by atoms with Gasteiger partial charge in [0.05, 0.1) is 18.4 Å². The van der Waals surface area contributed by atoms with Gasteiger partial charge in [-0.05, 0) is 35.9 Å². The topological polar surface area (TPSA) is 38.3 Å². The Bertz CT molecular complexity index is 614. The van der Waals surface area contributed by atoms with Gasteiger partial charge in [0.1, 0.15) is 5.82 Å². The van der Waals surface area contributed by atoms with E-state index in [1.54, 1.807) is 12.1 Å². The molecule has 104 valence electrons. The van der Waals surface area contributed by atoms with Crippen LogP contribution in [0.4, 0.5) is 10.1 Å². The highest BCUT2D eigenvalue weighted by molar-refractivity contribution is 6.30. The zero-order valence-corrected chi connectivity index (χ0v) is 11.6. The van der Waals surface area contributed by atoms with Gasteiger partial charge in [0, 0.05) is 11.6 Å². The van der Waals surface area contributed by atoms with Gasteiger partial charge >= 0.3 is 5.97 Å². The van der Waals surface area contributed by atoms with Crippen molar-refractivity contribution in [3.05, 3.63) is 64.4 Å². The van der Waals surface area contributed by atoms with E-state index in [-0.39, 0.29) is 0 Å². The minimum atomic E-state index is -0.511. The lowest BCUT2D eigenvalue weighted by Crippen LogP contribution is -2.08. The number of halogens is 2. The monoisotopic (exact) mass is 293 g/mol. The number of anilines is 1. The Morgan fingerprint density at radius 2 is 1.95 bits per heavy atom. The van der Waals surface area contributed by atoms with Crippen molar-refractivity contribution in [2.45, 2.75) is 6.54 Å². The minimum absolute atomic E-state index is 0.294. The summed E-state index contributed by atoms with van der Waals surface area (Å²) in [5.41, 5.74) is 1.66. The second-order valence-corrected chi connectivity index (χ2v) is 4.60. The van der Waals surface area contributed by atoms with E-state index in [0.717, 1.165) is 5.56 Å². The van der Waals surface area contributed by atoms with Crippen LogP contribution in [-0.2, 0) is 11.3 Å². The molecule has 20 heavy (non-hydrogen) atoms. The van der Waals surface area contributed by atoms with Gasteiger partial charge in [0.25, 0.3) is 0 Å². The largest absolute Gasteiger partial charge is 0.465 e. The molecule has 0 heterocycles. The lowest BCUT2D eigenvalue weighted by Gasteiger charge is -2.11. The van der Waals surface area contributed by atoms with E-state index in [1.165, 1.54) is 25.3 Å². The molecule has 0 spiro atoms. The lowest BCUT2D eigenvalue weighted by molar-refractivity contribution is 0.0602. The van der Waals surface area contributed by atoms with Crippen LogP contribution in [0.25, 0.3) is 0 Å². The van der Waals surface area contributed by atoms with Crippen molar-refractivity contribution in [2.24, 2.45) is 0 Å². The van der Waals surface area contributed by atoms with Gasteiger partial charge in [-0.3, -0.25) is 0 Å². The molecule has 0 aromatic heterocycles. The summed E-state index contributed by atoms with van der Waals surface area (Å²) in [5, 5.41) is 3.67. The number of carbonyl (C=O) groups excluding carboxylic acids is 1. The molecular formula is C15H13ClFNO2. The molecule has 0 atom stereocenters. The van der Waals surface area contributed by atoms with Crippen LogP contribution in [0.15, 0.2) is 42.5 Å². The summed E-state index contributed by atoms with van der Waals surface area (Å²) in [6.45, 7) is 0.449. The Morgan fingerprint density at radius 1 is 1.25 bits per heavy atom. The summed E-state index contributed by atoms with van der Waals surface area (Å²) in [7, 11) is 1.29. The maximum absolute atomic E-state index is 13.3. The highest BCUT2D eigenvalue weighted by Gasteiger charge is 2.12. The smallest absolute Gasteiger partial charge is 0.339 e. The van der Waals surface area contributed by atoms with Crippen LogP contribution in [0.2, 0.25) is 5.02 Å². The Balaban J connectivity index is 2.17. The van der Waals surface area contributed by atoms with Crippen molar-refractivity contribution in [2.75, 3.05) is 12.4 Å². The predicted molar refractivity (Wildman–Crippen MR) is 76.5 cm³/mol. The van der Waals surface area contributed by atoms with E-state index in [2.05, 4.69) is 10.1 Å². The van der Waals surface area contributed by atoms with Crippen LogP contribution in [0, 0.1) is 5.82 Å². The number of methoxy groups -OCH3 is 1. The first-order valence-corrected chi connectivity index (χ1v) is 6.34. The van der Waals surface area contributed by atoms with Crippen LogP contribution >= 0.6 is 11.6 Å². The van der Waals surface area contributed by atoms with E-state index in [0.29, 0.717) is 22.8 Å². The molecule has 2 aromatic rings. The first kappa shape index (κ1) is 14.3. The van der Waals surface area contributed by atoms with Crippen molar-refractivity contribution in [3.8, 4) is 0 Å². The summed E-state index contributed by atoms with van der Waals surface area (Å²) in [6, 6.07) is 11.1. The number of benzene rings is 2. The third kappa shape index (κ3) is 3.48. The number of ether oxygens (including phenoxy) is 1. The summed E-state index contributed by atoms with van der Waals surface area (Å²) >= 11 is 5.80. The fraction of sp³-hybridized carbons (Fsp3) is 0.133. The molecule has 0 saturated heterocycles. The lowest BCUT2D eigenvalue weighted by atomic mass is 10.1. The average Bonchev–Trinajstić information content (AvgIpc) is 2.46. The molecule has 2 rings (SSSR count). The van der Waals surface area contributed by atoms with Crippen molar-refractivity contribution >= 4 is 23.3 Å². The number of nitrogens with one attached hydrogen (secondary N) is 1. The predicted octanol–water partition coefficient (Wildman–Crippen LogP) is 3.88. The SMILES string of the molecule is COC(=O)c1ccc(F)cc1NCc1ccc(Cl)cc1. The van der Waals surface area contributed by atoms with Crippen LogP contribution in [-0.4, -0.2) is 13.1 Å². The Hall–Kier alpha value is -2.07. The summed E-state index contributed by atoms with van der Waals surface area (Å²) in [4.78, 5) is 11.6. The molecule has 2 aromatic carbocycles. The van der Waals surface area contributed by atoms with Crippen molar-refractivity contribution in [1.82, 2.24) is 0 Å². The standard InChI is InChI=1S/C15H13ClFNO2/c1-20-15(19)13-7-6-12(17)8-14(13)18-9-10-2-4-11(16)5-3-10/h2-8,18H,9H2,1H3. The maximum atomic E-state index is 13.3. The van der Waals surface area contributed by atoms with Crippen molar-refractivity contribution < 1.29 is 13.9 Å². The Morgan fingerprint density at radius 3 is 2.60 bits per heavy atom. The Kier molecular flexibility index (Phi) is 4.58. The van der Waals surface area contributed by atoms with Gasteiger partial charge < -0.3 is 10.1 Å². The van der Waals surface area contributed by atoms with Gasteiger partial charge in [-0.25, -0.2) is 9.18 Å². The molecule has 0 amide bonds. The van der Waals surface area contributed by atoms with Gasteiger partial charge in [0.15, 0.2) is 0 Å². The van der Waals surface area contributed by atoms with E-state index in [9.17, 15) is 9.18 Å². The fourth-order valence-corrected chi connectivity index (χ4v) is 1.88. The normalized spacial score (nSPS) is 10.2. The summed E-state index contributed by atoms with van der Waals surface area (Å²) < 4.78 is 17.9. The molecule has 0 aliphatic carbocycles. The molecule has 0 aliphatic heterocycles. The van der Waals surface area contributed by atoms with Crippen molar-refractivity contribution in [3.63, 3.8) is 0 Å². The highest BCUT2D eigenvalue weighted by Crippen LogP contribution is 2.19. The highest BCUT2D eigenvalue weighted by atomic mass is 35.5. The molecule has 3 nitrogen and oxygen atoms in total. The van der Waals surface area contributed by atoms with E-state index in [4.69, 9.17) is 11.6 Å². The van der Waals surface area contributed by atoms with E-state index in [1.807, 2.05) is 12.1 Å². The van der Waals surface area contributed by atoms with Crippen molar-refractivity contribution in [1.29, 1.82) is 0 Å². The molecule has 0 radical (unpaired) electrons. The first-order chi connectivity index (χ1) is 9.60. The summed E-state index contributed by atoms with van der Waals surface area (Å²) in [6.07, 6.45) is 0. The quantitative estimate of drug-likeness (QED) is 0.870. The van der Waals surface area contributed by atoms with Gasteiger partial charge in [-0.2, -0.15) is 0 Å². The second kappa shape index (κ2) is 6.39. The summed E-state index contributed by atoms with van der Waals surface area (Å²) in [5.74, 6) is -0.931. The van der Waals surface area contributed by atoms with Crippen LogP contribution in [0.3, 0.4) is 0 Å². The third-order valence-corrected chi connectivity index (χ3v) is 3.04. The van der Waals surface area contributed by atoms with E-state index < -0.39 is 11.8 Å². The maximum Gasteiger partial charge on any atom is 0.339 e. The van der Waals surface area contributed by atoms with Gasteiger partial charge in [-0.1, -0.05) is 23.7 Å². The third-order valence-electron chi connectivity index (χ3n) is 2.78. The molecule has 0 bridgehead atoms. The molecule has 0 aliphatic rings. The number of carbonyl (C=O) groups is 1. The Labute approximate surface area is 121 Å². The molecule has 1 N–H and O–H groups in total. The number of rotatable bonds is 4. The zero-order valence-electron chi connectivity index (χ0n) is 10.8. The van der Waals surface area contributed by atoms with Crippen LogP contribution in [0.1, 0.15) is 15.9 Å². The average molecular weight is 294 g/mol. The fourth-order valence-electron chi connectivity index (χ4n) is 1.75. The number of esters is 1. The number of hydrogen-bond acceptors (Lipinski definition) is 3. The molecule has 0 fully saturated rings. The molecule has 5 heteroatoms.